The first-order valence-corrected chi connectivity index (χ1v) is 7.13. The smallest absolute Gasteiger partial charge is 0.247 e. The third kappa shape index (κ3) is 3.09. The van der Waals surface area contributed by atoms with E-state index in [1.165, 1.54) is 4.88 Å². The second-order valence-electron chi connectivity index (χ2n) is 4.32. The van der Waals surface area contributed by atoms with Crippen LogP contribution in [0.2, 0.25) is 0 Å². The van der Waals surface area contributed by atoms with Gasteiger partial charge >= 0.3 is 0 Å². The maximum Gasteiger partial charge on any atom is 0.247 e. The minimum atomic E-state index is 0.552. The zero-order chi connectivity index (χ0) is 13.8. The minimum Gasteiger partial charge on any atom is -0.419 e. The molecule has 0 saturated heterocycles. The maximum atomic E-state index is 5.62. The molecule has 0 amide bonds. The largest absolute Gasteiger partial charge is 0.419 e. The number of aromatic nitrogens is 3. The Morgan fingerprint density at radius 3 is 2.75 bits per heavy atom. The van der Waals surface area contributed by atoms with E-state index in [-0.39, 0.29) is 0 Å². The van der Waals surface area contributed by atoms with Gasteiger partial charge in [-0.05, 0) is 19.1 Å². The Morgan fingerprint density at radius 1 is 1.15 bits per heavy atom. The summed E-state index contributed by atoms with van der Waals surface area (Å²) in [5.41, 5.74) is 0.935. The van der Waals surface area contributed by atoms with Crippen molar-refractivity contribution in [3.05, 3.63) is 52.3 Å². The summed E-state index contributed by atoms with van der Waals surface area (Å²) in [5, 5.41) is 12.4. The first-order valence-electron chi connectivity index (χ1n) is 6.31. The van der Waals surface area contributed by atoms with Gasteiger partial charge in [0.1, 0.15) is 0 Å². The molecule has 2 aromatic heterocycles. The van der Waals surface area contributed by atoms with Crippen molar-refractivity contribution in [2.24, 2.45) is 0 Å². The molecule has 6 heteroatoms. The van der Waals surface area contributed by atoms with Crippen molar-refractivity contribution in [1.82, 2.24) is 20.5 Å². The van der Waals surface area contributed by atoms with Crippen LogP contribution in [0.3, 0.4) is 0 Å². The normalized spacial score (nSPS) is 10.8. The molecule has 20 heavy (non-hydrogen) atoms. The molecule has 0 radical (unpaired) electrons. The second kappa shape index (κ2) is 5.94. The highest BCUT2D eigenvalue weighted by atomic mass is 32.1. The summed E-state index contributed by atoms with van der Waals surface area (Å²) in [6.07, 6.45) is 1.89. The minimum absolute atomic E-state index is 0.552. The highest BCUT2D eigenvalue weighted by Gasteiger charge is 2.07. The molecular weight excluding hydrogens is 272 g/mol. The van der Waals surface area contributed by atoms with Crippen molar-refractivity contribution in [2.75, 3.05) is 0 Å². The molecule has 0 spiro atoms. The average Bonchev–Trinajstić information content (AvgIpc) is 3.09. The Morgan fingerprint density at radius 2 is 2.00 bits per heavy atom. The number of hydrogen-bond donors (Lipinski definition) is 1. The maximum absolute atomic E-state index is 5.62. The Kier molecular flexibility index (Phi) is 3.85. The van der Waals surface area contributed by atoms with Gasteiger partial charge in [0, 0.05) is 23.2 Å². The molecule has 1 aromatic carbocycles. The van der Waals surface area contributed by atoms with Gasteiger partial charge in [0.25, 0.3) is 0 Å². The van der Waals surface area contributed by atoms with Crippen LogP contribution in [0.15, 0.2) is 40.9 Å². The molecule has 0 saturated carbocycles. The first-order chi connectivity index (χ1) is 9.81. The standard InChI is InChI=1S/C14H14N4OS/c1-10-16-8-12(20-10)7-15-9-13-17-18-14(19-13)11-5-3-2-4-6-11/h2-6,8,15H,7,9H2,1H3. The summed E-state index contributed by atoms with van der Waals surface area (Å²) in [5.74, 6) is 1.14. The van der Waals surface area contributed by atoms with Gasteiger partial charge in [-0.2, -0.15) is 0 Å². The molecule has 0 fully saturated rings. The Hall–Kier alpha value is -2.05. The zero-order valence-electron chi connectivity index (χ0n) is 11.0. The quantitative estimate of drug-likeness (QED) is 0.781. The number of aryl methyl sites for hydroxylation is 1. The molecule has 2 heterocycles. The molecule has 5 nitrogen and oxygen atoms in total. The van der Waals surface area contributed by atoms with Crippen molar-refractivity contribution >= 4 is 11.3 Å². The molecule has 0 aliphatic carbocycles. The molecule has 0 aliphatic heterocycles. The van der Waals surface area contributed by atoms with E-state index in [4.69, 9.17) is 4.42 Å². The molecule has 0 bridgehead atoms. The van der Waals surface area contributed by atoms with E-state index in [1.54, 1.807) is 11.3 Å². The van der Waals surface area contributed by atoms with E-state index in [0.717, 1.165) is 17.1 Å². The predicted octanol–water partition coefficient (Wildman–Crippen LogP) is 2.79. The van der Waals surface area contributed by atoms with Crippen LogP contribution in [0.25, 0.3) is 11.5 Å². The van der Waals surface area contributed by atoms with E-state index < -0.39 is 0 Å². The number of rotatable bonds is 5. The van der Waals surface area contributed by atoms with Gasteiger partial charge in [0.15, 0.2) is 0 Å². The van der Waals surface area contributed by atoms with Crippen LogP contribution >= 0.6 is 11.3 Å². The number of benzene rings is 1. The van der Waals surface area contributed by atoms with Crippen molar-refractivity contribution in [3.63, 3.8) is 0 Å². The molecule has 102 valence electrons. The zero-order valence-corrected chi connectivity index (χ0v) is 11.9. The topological polar surface area (TPSA) is 63.8 Å². The summed E-state index contributed by atoms with van der Waals surface area (Å²) < 4.78 is 5.62. The first kappa shape index (κ1) is 13.0. The Bertz CT molecular complexity index is 677. The van der Waals surface area contributed by atoms with E-state index in [1.807, 2.05) is 43.5 Å². The third-order valence-electron chi connectivity index (χ3n) is 2.73. The predicted molar refractivity (Wildman–Crippen MR) is 77.1 cm³/mol. The lowest BCUT2D eigenvalue weighted by Gasteiger charge is -1.97. The summed E-state index contributed by atoms with van der Waals surface area (Å²) in [4.78, 5) is 5.41. The summed E-state index contributed by atoms with van der Waals surface area (Å²) >= 11 is 1.68. The Labute approximate surface area is 120 Å². The van der Waals surface area contributed by atoms with Gasteiger partial charge in [-0.3, -0.25) is 0 Å². The summed E-state index contributed by atoms with van der Waals surface area (Å²) in [6.45, 7) is 3.31. The molecule has 0 aliphatic rings. The van der Waals surface area contributed by atoms with E-state index in [2.05, 4.69) is 20.5 Å². The molecule has 0 atom stereocenters. The van der Waals surface area contributed by atoms with Gasteiger partial charge in [0.05, 0.1) is 11.6 Å². The third-order valence-corrected chi connectivity index (χ3v) is 3.64. The molecule has 0 unspecified atom stereocenters. The van der Waals surface area contributed by atoms with E-state index >= 15 is 0 Å². The van der Waals surface area contributed by atoms with Crippen LogP contribution in [-0.2, 0) is 13.1 Å². The molecular formula is C14H14N4OS. The van der Waals surface area contributed by atoms with Crippen LogP contribution in [0.4, 0.5) is 0 Å². The number of nitrogens with one attached hydrogen (secondary N) is 1. The van der Waals surface area contributed by atoms with Crippen LogP contribution < -0.4 is 5.32 Å². The van der Waals surface area contributed by atoms with Crippen molar-refractivity contribution in [3.8, 4) is 11.5 Å². The SMILES string of the molecule is Cc1ncc(CNCc2nnc(-c3ccccc3)o2)s1. The fraction of sp³-hybridized carbons (Fsp3) is 0.214. The van der Waals surface area contributed by atoms with E-state index in [0.29, 0.717) is 18.3 Å². The van der Waals surface area contributed by atoms with Gasteiger partial charge in [-0.15, -0.1) is 21.5 Å². The lowest BCUT2D eigenvalue weighted by molar-refractivity contribution is 0.478. The highest BCUT2D eigenvalue weighted by Crippen LogP contribution is 2.17. The fourth-order valence-electron chi connectivity index (χ4n) is 1.80. The lowest BCUT2D eigenvalue weighted by atomic mass is 10.2. The monoisotopic (exact) mass is 286 g/mol. The number of nitrogens with zero attached hydrogens (tertiary/aromatic N) is 3. The number of hydrogen-bond acceptors (Lipinski definition) is 6. The van der Waals surface area contributed by atoms with Gasteiger partial charge in [-0.25, -0.2) is 4.98 Å². The summed E-state index contributed by atoms with van der Waals surface area (Å²) in [7, 11) is 0. The lowest BCUT2D eigenvalue weighted by Crippen LogP contribution is -2.11. The van der Waals surface area contributed by atoms with Crippen molar-refractivity contribution in [1.29, 1.82) is 0 Å². The summed E-state index contributed by atoms with van der Waals surface area (Å²) in [6, 6.07) is 9.75. The van der Waals surface area contributed by atoms with E-state index in [9.17, 15) is 0 Å². The Balaban J connectivity index is 1.58. The molecule has 3 rings (SSSR count). The van der Waals surface area contributed by atoms with Gasteiger partial charge < -0.3 is 9.73 Å². The van der Waals surface area contributed by atoms with Crippen LogP contribution in [0.1, 0.15) is 15.8 Å². The van der Waals surface area contributed by atoms with Crippen molar-refractivity contribution in [2.45, 2.75) is 20.0 Å². The fourth-order valence-corrected chi connectivity index (χ4v) is 2.57. The molecule has 3 aromatic rings. The van der Waals surface area contributed by atoms with Crippen LogP contribution in [0.5, 0.6) is 0 Å². The molecule has 1 N–H and O–H groups in total. The average molecular weight is 286 g/mol. The second-order valence-corrected chi connectivity index (χ2v) is 5.64. The van der Waals surface area contributed by atoms with Crippen LogP contribution in [0, 0.1) is 6.92 Å². The number of thiazole rings is 1. The van der Waals surface area contributed by atoms with Gasteiger partial charge in [0.2, 0.25) is 11.8 Å². The van der Waals surface area contributed by atoms with Gasteiger partial charge in [-0.1, -0.05) is 18.2 Å². The van der Waals surface area contributed by atoms with Crippen molar-refractivity contribution < 1.29 is 4.42 Å². The highest BCUT2D eigenvalue weighted by molar-refractivity contribution is 7.11. The van der Waals surface area contributed by atoms with Crippen LogP contribution in [-0.4, -0.2) is 15.2 Å².